The maximum absolute atomic E-state index is 13.2. The first-order valence-corrected chi connectivity index (χ1v) is 12.6. The highest BCUT2D eigenvalue weighted by atomic mass is 32.2. The van der Waals surface area contributed by atoms with Gasteiger partial charge in [-0.05, 0) is 25.0 Å². The number of hydrogen-bond donors (Lipinski definition) is 2. The highest BCUT2D eigenvalue weighted by Gasteiger charge is 2.27. The standard InChI is InChI=1S/C22H30N6O2S2/c1-3-5-26(6-4-2)22(30)16-7-20-18(25-21(23)8-16)9-19(31-20)17-10-24-28(13-17)32-27-11-15(12-27)14-29/h7,9-10,13,15,29H,3-6,8,11-12,14H2,1-2H3,(H2,23,25). The highest BCUT2D eigenvalue weighted by molar-refractivity contribution is 7.95. The summed E-state index contributed by atoms with van der Waals surface area (Å²) in [6.07, 6.45) is 8.03. The smallest absolute Gasteiger partial charge is 0.250 e. The lowest BCUT2D eigenvalue weighted by Gasteiger charge is -2.35. The Labute approximate surface area is 197 Å². The van der Waals surface area contributed by atoms with Crippen molar-refractivity contribution in [3.05, 3.63) is 28.9 Å². The first-order chi connectivity index (χ1) is 15.5. The predicted molar refractivity (Wildman–Crippen MR) is 132 cm³/mol. The maximum atomic E-state index is 13.2. The van der Waals surface area contributed by atoms with Crippen LogP contribution in [0.1, 0.15) is 38.0 Å². The Morgan fingerprint density at radius 2 is 2.09 bits per heavy atom. The molecule has 0 aliphatic carbocycles. The molecule has 4 heterocycles. The molecule has 32 heavy (non-hydrogen) atoms. The van der Waals surface area contributed by atoms with E-state index in [1.165, 1.54) is 0 Å². The van der Waals surface area contributed by atoms with Gasteiger partial charge in [0, 0.05) is 67.3 Å². The Kier molecular flexibility index (Phi) is 7.34. The Bertz CT molecular complexity index is 1020. The number of amidine groups is 1. The topological polar surface area (TPSA) is 100.0 Å². The van der Waals surface area contributed by atoms with E-state index in [1.807, 2.05) is 33.5 Å². The Morgan fingerprint density at radius 3 is 2.78 bits per heavy atom. The van der Waals surface area contributed by atoms with Crippen molar-refractivity contribution in [3.63, 3.8) is 0 Å². The van der Waals surface area contributed by atoms with Crippen LogP contribution in [0.25, 0.3) is 16.5 Å². The largest absolute Gasteiger partial charge is 0.396 e. The van der Waals surface area contributed by atoms with Crippen molar-refractivity contribution in [2.24, 2.45) is 16.6 Å². The van der Waals surface area contributed by atoms with E-state index in [1.54, 1.807) is 23.5 Å². The van der Waals surface area contributed by atoms with E-state index in [2.05, 4.69) is 28.2 Å². The van der Waals surface area contributed by atoms with E-state index in [9.17, 15) is 9.90 Å². The SMILES string of the molecule is CCCN(CCC)C(=O)C1=Cc2sc(-c3cnn(SN4CC(CO)C4)c3)cc2N=C(N)C1. The van der Waals surface area contributed by atoms with Crippen LogP contribution in [0.15, 0.2) is 29.0 Å². The molecular formula is C22H30N6O2S2. The van der Waals surface area contributed by atoms with E-state index < -0.39 is 0 Å². The van der Waals surface area contributed by atoms with Gasteiger partial charge in [0.1, 0.15) is 5.84 Å². The van der Waals surface area contributed by atoms with E-state index in [0.29, 0.717) is 23.7 Å². The Hall–Kier alpha value is -2.14. The summed E-state index contributed by atoms with van der Waals surface area (Å²) in [5.41, 5.74) is 8.68. The van der Waals surface area contributed by atoms with E-state index >= 15 is 0 Å². The molecule has 2 aliphatic rings. The molecule has 172 valence electrons. The summed E-state index contributed by atoms with van der Waals surface area (Å²) in [4.78, 5) is 21.7. The summed E-state index contributed by atoms with van der Waals surface area (Å²) in [7, 11) is 0. The van der Waals surface area contributed by atoms with E-state index in [0.717, 1.165) is 60.0 Å². The van der Waals surface area contributed by atoms with Gasteiger partial charge in [-0.25, -0.2) is 9.30 Å². The lowest BCUT2D eigenvalue weighted by molar-refractivity contribution is -0.127. The normalized spacial score (nSPS) is 16.7. The molecule has 10 heteroatoms. The molecule has 2 aromatic heterocycles. The van der Waals surface area contributed by atoms with Gasteiger partial charge < -0.3 is 15.7 Å². The van der Waals surface area contributed by atoms with Crippen LogP contribution in [0.5, 0.6) is 0 Å². The molecule has 2 aliphatic heterocycles. The number of hydrogen-bond acceptors (Lipinski definition) is 8. The lowest BCUT2D eigenvalue weighted by Crippen LogP contribution is -2.44. The molecule has 0 unspecified atom stereocenters. The van der Waals surface area contributed by atoms with Gasteiger partial charge in [-0.3, -0.25) is 4.79 Å². The van der Waals surface area contributed by atoms with Crippen LogP contribution < -0.4 is 5.73 Å². The van der Waals surface area contributed by atoms with Crippen LogP contribution in [0.4, 0.5) is 5.69 Å². The second-order valence-electron chi connectivity index (χ2n) is 8.21. The van der Waals surface area contributed by atoms with Gasteiger partial charge in [0.05, 0.1) is 28.9 Å². The first-order valence-electron chi connectivity index (χ1n) is 11.1. The van der Waals surface area contributed by atoms with Gasteiger partial charge in [-0.1, -0.05) is 13.8 Å². The molecule has 3 N–H and O–H groups in total. The number of aliphatic hydroxyl groups is 1. The van der Waals surface area contributed by atoms with Gasteiger partial charge >= 0.3 is 0 Å². The summed E-state index contributed by atoms with van der Waals surface area (Å²) < 4.78 is 4.01. The van der Waals surface area contributed by atoms with Crippen molar-refractivity contribution in [2.75, 3.05) is 32.8 Å². The molecule has 8 nitrogen and oxygen atoms in total. The third kappa shape index (κ3) is 5.09. The van der Waals surface area contributed by atoms with Crippen LogP contribution in [0, 0.1) is 5.92 Å². The summed E-state index contributed by atoms with van der Waals surface area (Å²) in [6, 6.07) is 2.02. The molecule has 1 amide bonds. The van der Waals surface area contributed by atoms with Gasteiger partial charge in [-0.15, -0.1) is 11.3 Å². The molecule has 0 saturated carbocycles. The van der Waals surface area contributed by atoms with E-state index in [-0.39, 0.29) is 12.5 Å². The number of aliphatic hydroxyl groups excluding tert-OH is 1. The predicted octanol–water partition coefficient (Wildman–Crippen LogP) is 3.37. The number of nitrogens with two attached hydrogens (primary N) is 1. The van der Waals surface area contributed by atoms with Crippen LogP contribution in [0.3, 0.4) is 0 Å². The molecule has 0 bridgehead atoms. The monoisotopic (exact) mass is 474 g/mol. The van der Waals surface area contributed by atoms with Crippen molar-refractivity contribution in [2.45, 2.75) is 33.1 Å². The molecule has 0 atom stereocenters. The van der Waals surface area contributed by atoms with Crippen molar-refractivity contribution in [1.29, 1.82) is 0 Å². The summed E-state index contributed by atoms with van der Waals surface area (Å²) in [5.74, 6) is 0.876. The number of carbonyl (C=O) groups excluding carboxylic acids is 1. The van der Waals surface area contributed by atoms with Crippen molar-refractivity contribution in [1.82, 2.24) is 18.4 Å². The minimum atomic E-state index is 0.0506. The minimum Gasteiger partial charge on any atom is -0.396 e. The average molecular weight is 475 g/mol. The zero-order valence-corrected chi connectivity index (χ0v) is 20.2. The van der Waals surface area contributed by atoms with Crippen LogP contribution in [-0.2, 0) is 4.79 Å². The Balaban J connectivity index is 1.53. The number of thiophene rings is 1. The minimum absolute atomic E-state index is 0.0506. The number of rotatable bonds is 9. The maximum Gasteiger partial charge on any atom is 0.250 e. The molecule has 4 rings (SSSR count). The first kappa shape index (κ1) is 23.0. The zero-order valence-electron chi connectivity index (χ0n) is 18.5. The van der Waals surface area contributed by atoms with Crippen molar-refractivity contribution >= 4 is 47.0 Å². The fourth-order valence-electron chi connectivity index (χ4n) is 3.82. The zero-order chi connectivity index (χ0) is 22.7. The van der Waals surface area contributed by atoms with Gasteiger partial charge in [0.2, 0.25) is 5.91 Å². The molecule has 0 spiro atoms. The molecular weight excluding hydrogens is 444 g/mol. The van der Waals surface area contributed by atoms with Crippen LogP contribution in [-0.4, -0.2) is 68.0 Å². The van der Waals surface area contributed by atoms with Gasteiger partial charge in [-0.2, -0.15) is 9.19 Å². The highest BCUT2D eigenvalue weighted by Crippen LogP contribution is 2.40. The van der Waals surface area contributed by atoms with Crippen molar-refractivity contribution in [3.8, 4) is 10.4 Å². The number of carbonyl (C=O) groups is 1. The second-order valence-corrected chi connectivity index (χ2v) is 10.3. The molecule has 0 radical (unpaired) electrons. The summed E-state index contributed by atoms with van der Waals surface area (Å²) in [5, 5.41) is 13.6. The molecule has 1 saturated heterocycles. The average Bonchev–Trinajstić information content (AvgIpc) is 3.33. The quantitative estimate of drug-likeness (QED) is 0.541. The fraction of sp³-hybridized carbons (Fsp3) is 0.500. The molecule has 1 fully saturated rings. The third-order valence-corrected chi connectivity index (χ3v) is 7.47. The van der Waals surface area contributed by atoms with E-state index in [4.69, 9.17) is 5.73 Å². The third-order valence-electron chi connectivity index (χ3n) is 5.46. The van der Waals surface area contributed by atoms with Crippen LogP contribution in [0.2, 0.25) is 0 Å². The van der Waals surface area contributed by atoms with Gasteiger partial charge in [0.25, 0.3) is 0 Å². The lowest BCUT2D eigenvalue weighted by atomic mass is 10.1. The number of amides is 1. The number of fused-ring (bicyclic) bond motifs is 1. The molecule has 0 aromatic carbocycles. The fourth-order valence-corrected chi connectivity index (χ4v) is 5.90. The van der Waals surface area contributed by atoms with Gasteiger partial charge in [0.15, 0.2) is 0 Å². The summed E-state index contributed by atoms with van der Waals surface area (Å²) in [6.45, 7) is 7.63. The second kappa shape index (κ2) is 10.2. The van der Waals surface area contributed by atoms with Crippen LogP contribution >= 0.6 is 23.5 Å². The number of aliphatic imine (C=N–C) groups is 1. The summed E-state index contributed by atoms with van der Waals surface area (Å²) >= 11 is 3.14. The number of nitrogens with zero attached hydrogens (tertiary/aromatic N) is 5. The van der Waals surface area contributed by atoms with Crippen molar-refractivity contribution < 1.29 is 9.90 Å². The number of aromatic nitrogens is 2. The molecule has 2 aromatic rings. The Morgan fingerprint density at radius 1 is 1.34 bits per heavy atom.